The molecule has 0 bridgehead atoms. The second-order valence-electron chi connectivity index (χ2n) is 11.0. The molecule has 0 aromatic heterocycles. The minimum absolute atomic E-state index is 0.00989. The van der Waals surface area contributed by atoms with Crippen molar-refractivity contribution in [2.45, 2.75) is 59.0 Å². The molecule has 4 aromatic carbocycles. The summed E-state index contributed by atoms with van der Waals surface area (Å²) < 4.78 is 11.9. The van der Waals surface area contributed by atoms with Crippen molar-refractivity contribution in [2.24, 2.45) is 0 Å². The molecule has 0 N–H and O–H groups in total. The highest BCUT2D eigenvalue weighted by atomic mass is 16.5. The highest BCUT2D eigenvalue weighted by molar-refractivity contribution is 6.09. The zero-order chi connectivity index (χ0) is 26.6. The van der Waals surface area contributed by atoms with E-state index in [4.69, 9.17) is 9.47 Å². The van der Waals surface area contributed by atoms with Gasteiger partial charge in [0.15, 0.2) is 5.78 Å². The summed E-state index contributed by atoms with van der Waals surface area (Å²) in [7, 11) is 0. The van der Waals surface area contributed by atoms with E-state index in [0.717, 1.165) is 29.0 Å². The number of hydrogen-bond donors (Lipinski definition) is 0. The van der Waals surface area contributed by atoms with Crippen molar-refractivity contribution in [1.82, 2.24) is 0 Å². The van der Waals surface area contributed by atoms with E-state index in [2.05, 4.69) is 45.0 Å². The lowest BCUT2D eigenvalue weighted by Crippen LogP contribution is -2.22. The maximum absolute atomic E-state index is 13.0. The largest absolute Gasteiger partial charge is 0.488 e. The molecular weight excluding hydrogens is 456 g/mol. The third-order valence-corrected chi connectivity index (χ3v) is 6.63. The Balaban J connectivity index is 1.39. The summed E-state index contributed by atoms with van der Waals surface area (Å²) in [5, 5.41) is 0. The average molecular weight is 493 g/mol. The molecule has 0 unspecified atom stereocenters. The Bertz CT molecular complexity index is 1320. The van der Waals surface area contributed by atoms with E-state index in [0.29, 0.717) is 16.9 Å². The van der Waals surface area contributed by atoms with E-state index in [9.17, 15) is 4.79 Å². The molecule has 0 aliphatic heterocycles. The van der Waals surface area contributed by atoms with Crippen LogP contribution in [0.2, 0.25) is 0 Å². The van der Waals surface area contributed by atoms with Crippen LogP contribution in [0.5, 0.6) is 17.2 Å². The van der Waals surface area contributed by atoms with Crippen LogP contribution < -0.4 is 9.47 Å². The van der Waals surface area contributed by atoms with E-state index in [1.54, 1.807) is 0 Å². The maximum atomic E-state index is 13.0. The van der Waals surface area contributed by atoms with Gasteiger partial charge in [0.25, 0.3) is 0 Å². The van der Waals surface area contributed by atoms with Crippen molar-refractivity contribution < 1.29 is 14.3 Å². The minimum atomic E-state index is -0.219. The third kappa shape index (κ3) is 6.68. The Morgan fingerprint density at radius 2 is 1.00 bits per heavy atom. The predicted octanol–water partition coefficient (Wildman–Crippen LogP) is 9.24. The number of ketones is 1. The van der Waals surface area contributed by atoms with Gasteiger partial charge in [-0.15, -0.1) is 0 Å². The van der Waals surface area contributed by atoms with E-state index in [1.807, 2.05) is 93.6 Å². The van der Waals surface area contributed by atoms with Gasteiger partial charge >= 0.3 is 0 Å². The Hall–Kier alpha value is -3.85. The fraction of sp³-hybridized carbons (Fsp3) is 0.265. The zero-order valence-electron chi connectivity index (χ0n) is 22.7. The lowest BCUT2D eigenvalue weighted by Gasteiger charge is -2.23. The molecule has 0 heterocycles. The van der Waals surface area contributed by atoms with Crippen LogP contribution in [0.25, 0.3) is 11.1 Å². The van der Waals surface area contributed by atoms with E-state index in [1.165, 1.54) is 5.56 Å². The van der Waals surface area contributed by atoms with Gasteiger partial charge in [0.1, 0.15) is 22.8 Å². The highest BCUT2D eigenvalue weighted by Gasteiger charge is 2.18. The molecule has 0 atom stereocenters. The molecular formula is C34H36O3. The van der Waals surface area contributed by atoms with Crippen LogP contribution in [0.15, 0.2) is 97.1 Å². The van der Waals surface area contributed by atoms with Crippen LogP contribution in [0.1, 0.15) is 69.4 Å². The van der Waals surface area contributed by atoms with Crippen molar-refractivity contribution in [3.63, 3.8) is 0 Å². The summed E-state index contributed by atoms with van der Waals surface area (Å²) in [4.78, 5) is 13.0. The van der Waals surface area contributed by atoms with Gasteiger partial charge in [0.05, 0.1) is 0 Å². The number of benzene rings is 4. The second-order valence-corrected chi connectivity index (χ2v) is 11.0. The van der Waals surface area contributed by atoms with E-state index < -0.39 is 0 Å². The molecule has 0 saturated carbocycles. The molecule has 0 saturated heterocycles. The molecule has 4 rings (SSSR count). The van der Waals surface area contributed by atoms with Crippen molar-refractivity contribution in [2.75, 3.05) is 0 Å². The molecule has 0 amide bonds. The monoisotopic (exact) mass is 492 g/mol. The lowest BCUT2D eigenvalue weighted by molar-refractivity contribution is 0.103. The normalized spacial score (nSPS) is 11.7. The van der Waals surface area contributed by atoms with Crippen LogP contribution in [-0.4, -0.2) is 11.4 Å². The van der Waals surface area contributed by atoms with Crippen LogP contribution in [-0.2, 0) is 5.41 Å². The minimum Gasteiger partial charge on any atom is -0.488 e. The Morgan fingerprint density at radius 1 is 0.595 bits per heavy atom. The fourth-order valence-corrected chi connectivity index (χ4v) is 4.04. The third-order valence-electron chi connectivity index (χ3n) is 6.63. The van der Waals surface area contributed by atoms with Gasteiger partial charge in [0, 0.05) is 11.1 Å². The van der Waals surface area contributed by atoms with E-state index in [-0.39, 0.29) is 16.8 Å². The quantitative estimate of drug-likeness (QED) is 0.230. The first-order valence-corrected chi connectivity index (χ1v) is 12.9. The molecule has 0 aliphatic carbocycles. The summed E-state index contributed by atoms with van der Waals surface area (Å²) >= 11 is 0. The average Bonchev–Trinajstić information content (AvgIpc) is 2.89. The van der Waals surface area contributed by atoms with Gasteiger partial charge in [-0.3, -0.25) is 4.79 Å². The lowest BCUT2D eigenvalue weighted by atomic mass is 9.82. The smallest absolute Gasteiger partial charge is 0.193 e. The Labute approximate surface area is 221 Å². The predicted molar refractivity (Wildman–Crippen MR) is 152 cm³/mol. The molecule has 0 spiro atoms. The SMILES string of the molecule is CCC(C)(C)c1ccc(C(=O)c2ccc(Oc3ccc(-c4ccc(OC(C)(C)C)cc4)cc3)cc2)cc1. The molecule has 3 heteroatoms. The summed E-state index contributed by atoms with van der Waals surface area (Å²) in [6, 6.07) is 31.4. The summed E-state index contributed by atoms with van der Waals surface area (Å²) in [6.07, 6.45) is 1.05. The first-order valence-electron chi connectivity index (χ1n) is 12.9. The highest BCUT2D eigenvalue weighted by Crippen LogP contribution is 2.29. The fourth-order valence-electron chi connectivity index (χ4n) is 4.04. The standard InChI is InChI=1S/C34H36O3/c1-7-34(5,6)28-16-8-26(9-17-28)32(35)27-14-20-30(21-15-27)36-29-18-10-24(11-19-29)25-12-22-31(23-13-25)37-33(2,3)4/h8-23H,7H2,1-6H3. The van der Waals surface area contributed by atoms with Gasteiger partial charge in [-0.05, 0) is 97.8 Å². The summed E-state index contributed by atoms with van der Waals surface area (Å²) in [5.41, 5.74) is 4.68. The Kier molecular flexibility index (Phi) is 7.54. The first kappa shape index (κ1) is 26.2. The van der Waals surface area contributed by atoms with Crippen molar-refractivity contribution in [3.05, 3.63) is 114 Å². The number of hydrogen-bond acceptors (Lipinski definition) is 3. The first-order chi connectivity index (χ1) is 17.5. The summed E-state index contributed by atoms with van der Waals surface area (Å²) in [6.45, 7) is 12.7. The van der Waals surface area contributed by atoms with Crippen LogP contribution in [0.4, 0.5) is 0 Å². The number of ether oxygens (including phenoxy) is 2. The maximum Gasteiger partial charge on any atom is 0.193 e. The van der Waals surface area contributed by atoms with Crippen LogP contribution in [0.3, 0.4) is 0 Å². The van der Waals surface area contributed by atoms with Crippen LogP contribution in [0, 0.1) is 0 Å². The van der Waals surface area contributed by atoms with Crippen molar-refractivity contribution in [3.8, 4) is 28.4 Å². The van der Waals surface area contributed by atoms with Gasteiger partial charge in [-0.1, -0.05) is 69.3 Å². The molecule has 0 radical (unpaired) electrons. The van der Waals surface area contributed by atoms with Gasteiger partial charge in [0.2, 0.25) is 0 Å². The molecule has 190 valence electrons. The zero-order valence-corrected chi connectivity index (χ0v) is 22.7. The topological polar surface area (TPSA) is 35.5 Å². The molecule has 37 heavy (non-hydrogen) atoms. The number of rotatable bonds is 8. The number of carbonyl (C=O) groups is 1. The molecule has 0 fully saturated rings. The molecule has 4 aromatic rings. The van der Waals surface area contributed by atoms with Crippen molar-refractivity contribution >= 4 is 5.78 Å². The second kappa shape index (κ2) is 10.6. The Morgan fingerprint density at radius 3 is 1.43 bits per heavy atom. The van der Waals surface area contributed by atoms with E-state index >= 15 is 0 Å². The van der Waals surface area contributed by atoms with Gasteiger partial charge in [-0.25, -0.2) is 0 Å². The molecule has 0 aliphatic rings. The van der Waals surface area contributed by atoms with Gasteiger partial charge < -0.3 is 9.47 Å². The number of carbonyl (C=O) groups excluding carboxylic acids is 1. The summed E-state index contributed by atoms with van der Waals surface area (Å²) in [5.74, 6) is 2.30. The van der Waals surface area contributed by atoms with Gasteiger partial charge in [-0.2, -0.15) is 0 Å². The molecule has 3 nitrogen and oxygen atoms in total. The van der Waals surface area contributed by atoms with Crippen LogP contribution >= 0.6 is 0 Å². The van der Waals surface area contributed by atoms with Crippen molar-refractivity contribution in [1.29, 1.82) is 0 Å².